The molecule has 3 N–H and O–H groups in total. The number of rotatable bonds is 6. The first-order valence-corrected chi connectivity index (χ1v) is 11.9. The molecule has 2 saturated heterocycles. The average molecular weight is 447 g/mol. The number of carbonyl (C=O) groups excluding carboxylic acids is 3. The molecular formula is C26H30N4O3. The molecule has 0 radical (unpaired) electrons. The van der Waals surface area contributed by atoms with Crippen LogP contribution in [0.25, 0.3) is 0 Å². The van der Waals surface area contributed by atoms with E-state index in [1.807, 2.05) is 18.2 Å². The number of hydrogen-bond donors (Lipinski definition) is 3. The van der Waals surface area contributed by atoms with Gasteiger partial charge >= 0.3 is 0 Å². The maximum Gasteiger partial charge on any atom is 0.255 e. The zero-order chi connectivity index (χ0) is 22.8. The van der Waals surface area contributed by atoms with Crippen molar-refractivity contribution in [2.45, 2.75) is 51.2 Å². The Hall–Kier alpha value is -3.19. The summed E-state index contributed by atoms with van der Waals surface area (Å²) in [6.07, 6.45) is 4.29. The molecule has 1 unspecified atom stereocenters. The summed E-state index contributed by atoms with van der Waals surface area (Å²) < 4.78 is 0. The van der Waals surface area contributed by atoms with Crippen molar-refractivity contribution in [3.8, 4) is 0 Å². The average Bonchev–Trinajstić information content (AvgIpc) is 3.15. The third-order valence-electron chi connectivity index (χ3n) is 7.02. The lowest BCUT2D eigenvalue weighted by Gasteiger charge is -2.29. The first-order chi connectivity index (χ1) is 16.1. The molecule has 3 amide bonds. The molecule has 0 aromatic heterocycles. The molecule has 0 aliphatic carbocycles. The standard InChI is InChI=1S/C26H30N4O3/c31-24-8-7-23(25(32)29-24)30-16-20-14-19(3-6-22(20)26(30)33)15-28-21-4-1-17(2-5-21)13-18-9-11-27-12-10-18/h1-6,14,18,23,27-28H,7-13,15-16H2,(H,29,31,32). The zero-order valence-corrected chi connectivity index (χ0v) is 18.7. The summed E-state index contributed by atoms with van der Waals surface area (Å²) in [5.74, 6) is -0.00625. The van der Waals surface area contributed by atoms with Crippen molar-refractivity contribution in [2.75, 3.05) is 18.4 Å². The van der Waals surface area contributed by atoms with Crippen molar-refractivity contribution in [3.05, 3.63) is 64.7 Å². The molecule has 33 heavy (non-hydrogen) atoms. The molecule has 7 nitrogen and oxygen atoms in total. The van der Waals surface area contributed by atoms with Gasteiger partial charge in [0.15, 0.2) is 0 Å². The van der Waals surface area contributed by atoms with Gasteiger partial charge in [-0.3, -0.25) is 19.7 Å². The highest BCUT2D eigenvalue weighted by molar-refractivity contribution is 6.05. The summed E-state index contributed by atoms with van der Waals surface area (Å²) in [5, 5.41) is 9.24. The van der Waals surface area contributed by atoms with E-state index in [-0.39, 0.29) is 24.1 Å². The first-order valence-electron chi connectivity index (χ1n) is 11.9. The van der Waals surface area contributed by atoms with Crippen LogP contribution in [0.2, 0.25) is 0 Å². The van der Waals surface area contributed by atoms with Crippen LogP contribution in [0.5, 0.6) is 0 Å². The summed E-state index contributed by atoms with van der Waals surface area (Å²) in [5.41, 5.74) is 5.13. The molecule has 2 fully saturated rings. The van der Waals surface area contributed by atoms with E-state index < -0.39 is 6.04 Å². The van der Waals surface area contributed by atoms with Gasteiger partial charge in [0.05, 0.1) is 0 Å². The first kappa shape index (κ1) is 21.6. The van der Waals surface area contributed by atoms with Gasteiger partial charge in [0, 0.05) is 30.8 Å². The third-order valence-corrected chi connectivity index (χ3v) is 7.02. The number of benzene rings is 2. The number of anilines is 1. The molecular weight excluding hydrogens is 416 g/mol. The van der Waals surface area contributed by atoms with Crippen LogP contribution in [0.3, 0.4) is 0 Å². The van der Waals surface area contributed by atoms with Crippen LogP contribution in [0, 0.1) is 5.92 Å². The molecule has 0 saturated carbocycles. The highest BCUT2D eigenvalue weighted by Gasteiger charge is 2.39. The SMILES string of the molecule is O=C1CCC(N2Cc3cc(CNc4ccc(CC5CCNCC5)cc4)ccc3C2=O)C(=O)N1. The van der Waals surface area contributed by atoms with Gasteiger partial charge < -0.3 is 15.5 Å². The minimum atomic E-state index is -0.576. The summed E-state index contributed by atoms with van der Waals surface area (Å²) in [4.78, 5) is 38.1. The molecule has 2 aromatic carbocycles. The molecule has 3 aliphatic heterocycles. The number of nitrogens with one attached hydrogen (secondary N) is 3. The van der Waals surface area contributed by atoms with Gasteiger partial charge in [0.2, 0.25) is 11.8 Å². The predicted octanol–water partition coefficient (Wildman–Crippen LogP) is 2.60. The number of hydrogen-bond acceptors (Lipinski definition) is 5. The zero-order valence-electron chi connectivity index (χ0n) is 18.7. The predicted molar refractivity (Wildman–Crippen MR) is 126 cm³/mol. The largest absolute Gasteiger partial charge is 0.381 e. The van der Waals surface area contributed by atoms with E-state index in [2.05, 4.69) is 40.2 Å². The van der Waals surface area contributed by atoms with Crippen LogP contribution in [-0.2, 0) is 29.1 Å². The molecule has 3 heterocycles. The van der Waals surface area contributed by atoms with Crippen LogP contribution in [0.15, 0.2) is 42.5 Å². The van der Waals surface area contributed by atoms with Crippen molar-refractivity contribution in [1.29, 1.82) is 0 Å². The van der Waals surface area contributed by atoms with Crippen molar-refractivity contribution < 1.29 is 14.4 Å². The maximum absolute atomic E-state index is 12.8. The van der Waals surface area contributed by atoms with Gasteiger partial charge in [-0.2, -0.15) is 0 Å². The Morgan fingerprint density at radius 2 is 1.70 bits per heavy atom. The Morgan fingerprint density at radius 1 is 0.939 bits per heavy atom. The minimum Gasteiger partial charge on any atom is -0.381 e. The Kier molecular flexibility index (Phi) is 6.13. The normalized spacial score (nSPS) is 21.2. The Bertz CT molecular complexity index is 1060. The molecule has 1 atom stereocenters. The monoisotopic (exact) mass is 446 g/mol. The van der Waals surface area contributed by atoms with E-state index in [4.69, 9.17) is 0 Å². The topological polar surface area (TPSA) is 90.5 Å². The van der Waals surface area contributed by atoms with Crippen molar-refractivity contribution in [3.63, 3.8) is 0 Å². The Labute approximate surface area is 193 Å². The second-order valence-electron chi connectivity index (χ2n) is 9.34. The number of carbonyl (C=O) groups is 3. The van der Waals surface area contributed by atoms with Crippen LogP contribution in [0.1, 0.15) is 52.7 Å². The number of fused-ring (bicyclic) bond motifs is 1. The van der Waals surface area contributed by atoms with Gasteiger partial charge in [-0.15, -0.1) is 0 Å². The lowest BCUT2D eigenvalue weighted by atomic mass is 9.91. The summed E-state index contributed by atoms with van der Waals surface area (Å²) in [7, 11) is 0. The third kappa shape index (κ3) is 4.78. The second-order valence-corrected chi connectivity index (χ2v) is 9.34. The fraction of sp³-hybridized carbons (Fsp3) is 0.423. The van der Waals surface area contributed by atoms with E-state index in [1.165, 1.54) is 18.4 Å². The van der Waals surface area contributed by atoms with E-state index >= 15 is 0 Å². The van der Waals surface area contributed by atoms with E-state index in [0.717, 1.165) is 42.2 Å². The quantitative estimate of drug-likeness (QED) is 0.594. The number of nitrogens with zero attached hydrogens (tertiary/aromatic N) is 1. The van der Waals surface area contributed by atoms with Gasteiger partial charge in [0.25, 0.3) is 5.91 Å². The van der Waals surface area contributed by atoms with Gasteiger partial charge in [-0.25, -0.2) is 0 Å². The molecule has 3 aliphatic rings. The van der Waals surface area contributed by atoms with Crippen LogP contribution in [0.4, 0.5) is 5.69 Å². The number of amides is 3. The molecule has 7 heteroatoms. The molecule has 2 aromatic rings. The molecule has 5 rings (SSSR count). The minimum absolute atomic E-state index is 0.136. The summed E-state index contributed by atoms with van der Waals surface area (Å²) in [6, 6.07) is 14.0. The van der Waals surface area contributed by atoms with Gasteiger partial charge in [-0.1, -0.05) is 24.3 Å². The maximum atomic E-state index is 12.8. The highest BCUT2D eigenvalue weighted by Crippen LogP contribution is 2.28. The smallest absolute Gasteiger partial charge is 0.255 e. The summed E-state index contributed by atoms with van der Waals surface area (Å²) >= 11 is 0. The number of piperidine rings is 2. The Morgan fingerprint density at radius 3 is 2.45 bits per heavy atom. The highest BCUT2D eigenvalue weighted by atomic mass is 16.2. The van der Waals surface area contributed by atoms with E-state index in [9.17, 15) is 14.4 Å². The van der Waals surface area contributed by atoms with E-state index in [1.54, 1.807) is 4.90 Å². The lowest BCUT2D eigenvalue weighted by molar-refractivity contribution is -0.136. The van der Waals surface area contributed by atoms with E-state index in [0.29, 0.717) is 25.1 Å². The molecule has 0 bridgehead atoms. The lowest BCUT2D eigenvalue weighted by Crippen LogP contribution is -2.52. The van der Waals surface area contributed by atoms with Crippen molar-refractivity contribution in [1.82, 2.24) is 15.5 Å². The fourth-order valence-corrected chi connectivity index (χ4v) is 5.12. The van der Waals surface area contributed by atoms with Crippen molar-refractivity contribution >= 4 is 23.4 Å². The van der Waals surface area contributed by atoms with Gasteiger partial charge in [-0.05, 0) is 79.6 Å². The molecule has 0 spiro atoms. The Balaban J connectivity index is 1.18. The fourth-order valence-electron chi connectivity index (χ4n) is 5.12. The van der Waals surface area contributed by atoms with Crippen LogP contribution < -0.4 is 16.0 Å². The van der Waals surface area contributed by atoms with Gasteiger partial charge in [0.1, 0.15) is 6.04 Å². The van der Waals surface area contributed by atoms with Crippen molar-refractivity contribution in [2.24, 2.45) is 5.92 Å². The van der Waals surface area contributed by atoms with Crippen LogP contribution >= 0.6 is 0 Å². The summed E-state index contributed by atoms with van der Waals surface area (Å²) in [6.45, 7) is 3.32. The second kappa shape index (κ2) is 9.35. The molecule has 172 valence electrons. The van der Waals surface area contributed by atoms with Crippen LogP contribution in [-0.4, -0.2) is 41.8 Å². The number of imide groups is 1.